The van der Waals surface area contributed by atoms with Crippen LogP contribution < -0.4 is 5.32 Å². The predicted octanol–water partition coefficient (Wildman–Crippen LogP) is 1.42. The molecule has 0 radical (unpaired) electrons. The summed E-state index contributed by atoms with van der Waals surface area (Å²) in [5.41, 5.74) is -0.537. The number of ketones is 1. The van der Waals surface area contributed by atoms with E-state index in [4.69, 9.17) is 4.74 Å². The molecular weight excluding hydrogens is 238 g/mol. The van der Waals surface area contributed by atoms with Gasteiger partial charge in [0, 0.05) is 13.0 Å². The molecule has 0 bridgehead atoms. The van der Waals surface area contributed by atoms with Gasteiger partial charge in [-0.25, -0.2) is 4.79 Å². The van der Waals surface area contributed by atoms with Crippen molar-refractivity contribution in [3.8, 4) is 0 Å². The number of hydrogen-bond donors (Lipinski definition) is 1. The first-order valence-electron chi connectivity index (χ1n) is 5.80. The summed E-state index contributed by atoms with van der Waals surface area (Å²) >= 11 is 0. The summed E-state index contributed by atoms with van der Waals surface area (Å²) in [5.74, 6) is -0.743. The molecule has 18 heavy (non-hydrogen) atoms. The van der Waals surface area contributed by atoms with Crippen molar-refractivity contribution in [2.75, 3.05) is 13.7 Å². The molecule has 6 heteroatoms. The van der Waals surface area contributed by atoms with Gasteiger partial charge in [-0.1, -0.05) is 0 Å². The molecule has 0 fully saturated rings. The van der Waals surface area contributed by atoms with Gasteiger partial charge in [0.2, 0.25) is 0 Å². The van der Waals surface area contributed by atoms with Crippen LogP contribution in [-0.4, -0.2) is 37.1 Å². The summed E-state index contributed by atoms with van der Waals surface area (Å²) in [5, 5.41) is 2.53. The zero-order valence-corrected chi connectivity index (χ0v) is 11.4. The highest BCUT2D eigenvalue weighted by Gasteiger charge is 2.15. The molecule has 0 atom stereocenters. The molecule has 0 aromatic heterocycles. The van der Waals surface area contributed by atoms with Crippen LogP contribution >= 0.6 is 0 Å². The van der Waals surface area contributed by atoms with Gasteiger partial charge in [0.1, 0.15) is 17.8 Å². The first-order chi connectivity index (χ1) is 8.24. The number of nitrogens with one attached hydrogen (secondary N) is 1. The van der Waals surface area contributed by atoms with E-state index in [1.807, 2.05) is 0 Å². The van der Waals surface area contributed by atoms with Crippen LogP contribution in [0.4, 0.5) is 4.79 Å². The topological polar surface area (TPSA) is 81.7 Å². The molecule has 0 saturated carbocycles. The van der Waals surface area contributed by atoms with Crippen molar-refractivity contribution in [3.63, 3.8) is 0 Å². The SMILES string of the molecule is COC(=O)CC(=O)CCCNC(=O)OC(C)(C)C. The van der Waals surface area contributed by atoms with Gasteiger partial charge in [0.15, 0.2) is 0 Å². The van der Waals surface area contributed by atoms with Crippen molar-refractivity contribution in [3.05, 3.63) is 0 Å². The zero-order valence-electron chi connectivity index (χ0n) is 11.4. The van der Waals surface area contributed by atoms with Crippen molar-refractivity contribution in [2.45, 2.75) is 45.6 Å². The maximum absolute atomic E-state index is 11.2. The molecular formula is C12H21NO5. The number of carbonyl (C=O) groups excluding carboxylic acids is 3. The normalized spacial score (nSPS) is 10.7. The van der Waals surface area contributed by atoms with Crippen LogP contribution in [-0.2, 0) is 19.1 Å². The molecule has 0 heterocycles. The minimum atomic E-state index is -0.542. The first-order valence-corrected chi connectivity index (χ1v) is 5.80. The Hall–Kier alpha value is -1.59. The van der Waals surface area contributed by atoms with Crippen molar-refractivity contribution < 1.29 is 23.9 Å². The third-order valence-electron chi connectivity index (χ3n) is 1.87. The Morgan fingerprint density at radius 2 is 1.78 bits per heavy atom. The Morgan fingerprint density at radius 3 is 2.28 bits per heavy atom. The van der Waals surface area contributed by atoms with E-state index in [2.05, 4.69) is 10.1 Å². The lowest BCUT2D eigenvalue weighted by atomic mass is 10.1. The molecule has 1 N–H and O–H groups in total. The lowest BCUT2D eigenvalue weighted by Crippen LogP contribution is -2.33. The largest absolute Gasteiger partial charge is 0.469 e. The van der Waals surface area contributed by atoms with Crippen LogP contribution in [0.2, 0.25) is 0 Å². The molecule has 0 aliphatic rings. The molecule has 0 aromatic carbocycles. The van der Waals surface area contributed by atoms with Crippen molar-refractivity contribution in [1.82, 2.24) is 5.32 Å². The van der Waals surface area contributed by atoms with E-state index < -0.39 is 17.7 Å². The number of esters is 1. The number of alkyl carbamates (subject to hydrolysis) is 1. The van der Waals surface area contributed by atoms with E-state index in [9.17, 15) is 14.4 Å². The van der Waals surface area contributed by atoms with Gasteiger partial charge in [-0.15, -0.1) is 0 Å². The van der Waals surface area contributed by atoms with Crippen LogP contribution in [0.1, 0.15) is 40.0 Å². The molecule has 0 saturated heterocycles. The Balaban J connectivity index is 3.65. The third-order valence-corrected chi connectivity index (χ3v) is 1.87. The summed E-state index contributed by atoms with van der Waals surface area (Å²) in [7, 11) is 1.24. The van der Waals surface area contributed by atoms with E-state index >= 15 is 0 Å². The Morgan fingerprint density at radius 1 is 1.17 bits per heavy atom. The standard InChI is InChI=1S/C12H21NO5/c1-12(2,3)18-11(16)13-7-5-6-9(14)8-10(15)17-4/h5-8H2,1-4H3,(H,13,16). The Labute approximate surface area is 107 Å². The smallest absolute Gasteiger partial charge is 0.407 e. The maximum Gasteiger partial charge on any atom is 0.407 e. The van der Waals surface area contributed by atoms with E-state index in [-0.39, 0.29) is 18.6 Å². The van der Waals surface area contributed by atoms with Gasteiger partial charge in [0.25, 0.3) is 0 Å². The number of rotatable bonds is 6. The Kier molecular flexibility index (Phi) is 7.00. The van der Waals surface area contributed by atoms with Crippen LogP contribution in [0.15, 0.2) is 0 Å². The van der Waals surface area contributed by atoms with Crippen LogP contribution in [0, 0.1) is 0 Å². The second-order valence-corrected chi connectivity index (χ2v) is 4.82. The van der Waals surface area contributed by atoms with Gasteiger partial charge < -0.3 is 14.8 Å². The molecule has 0 aromatic rings. The van der Waals surface area contributed by atoms with Crippen molar-refractivity contribution in [2.24, 2.45) is 0 Å². The molecule has 104 valence electrons. The van der Waals surface area contributed by atoms with Crippen LogP contribution in [0.5, 0.6) is 0 Å². The van der Waals surface area contributed by atoms with Crippen molar-refractivity contribution in [1.29, 1.82) is 0 Å². The summed E-state index contributed by atoms with van der Waals surface area (Å²) in [6.45, 7) is 5.65. The number of Topliss-reactive ketones (excluding diaryl/α,β-unsaturated/α-hetero) is 1. The van der Waals surface area contributed by atoms with E-state index in [1.165, 1.54) is 7.11 Å². The van der Waals surface area contributed by atoms with Gasteiger partial charge in [-0.3, -0.25) is 9.59 Å². The maximum atomic E-state index is 11.2. The molecule has 0 unspecified atom stereocenters. The molecule has 6 nitrogen and oxygen atoms in total. The van der Waals surface area contributed by atoms with Gasteiger partial charge >= 0.3 is 12.1 Å². The minimum absolute atomic E-state index is 0.201. The fourth-order valence-electron chi connectivity index (χ4n) is 1.11. The van der Waals surface area contributed by atoms with E-state index in [1.54, 1.807) is 20.8 Å². The van der Waals surface area contributed by atoms with Gasteiger partial charge in [-0.05, 0) is 27.2 Å². The summed E-state index contributed by atoms with van der Waals surface area (Å²) in [6, 6.07) is 0. The summed E-state index contributed by atoms with van der Waals surface area (Å²) in [6.07, 6.45) is -0.0361. The van der Waals surface area contributed by atoms with Crippen molar-refractivity contribution >= 4 is 17.8 Å². The Bertz CT molecular complexity index is 306. The number of ether oxygens (including phenoxy) is 2. The average molecular weight is 259 g/mol. The minimum Gasteiger partial charge on any atom is -0.469 e. The highest BCUT2D eigenvalue weighted by molar-refractivity contribution is 5.95. The highest BCUT2D eigenvalue weighted by atomic mass is 16.6. The van der Waals surface area contributed by atoms with E-state index in [0.29, 0.717) is 13.0 Å². The fraction of sp³-hybridized carbons (Fsp3) is 0.750. The zero-order chi connectivity index (χ0) is 14.2. The lowest BCUT2D eigenvalue weighted by molar-refractivity contribution is -0.143. The average Bonchev–Trinajstić information content (AvgIpc) is 2.21. The molecule has 0 aliphatic carbocycles. The number of carbonyl (C=O) groups is 3. The monoisotopic (exact) mass is 259 g/mol. The fourth-order valence-corrected chi connectivity index (χ4v) is 1.11. The second kappa shape index (κ2) is 7.68. The molecule has 1 amide bonds. The molecule has 0 rings (SSSR count). The third kappa shape index (κ3) is 9.62. The highest BCUT2D eigenvalue weighted by Crippen LogP contribution is 2.06. The van der Waals surface area contributed by atoms with Crippen LogP contribution in [0.25, 0.3) is 0 Å². The molecule has 0 spiro atoms. The second-order valence-electron chi connectivity index (χ2n) is 4.82. The number of amides is 1. The summed E-state index contributed by atoms with van der Waals surface area (Å²) < 4.78 is 9.39. The molecule has 0 aliphatic heterocycles. The van der Waals surface area contributed by atoms with Gasteiger partial charge in [-0.2, -0.15) is 0 Å². The lowest BCUT2D eigenvalue weighted by Gasteiger charge is -2.19. The van der Waals surface area contributed by atoms with Gasteiger partial charge in [0.05, 0.1) is 7.11 Å². The number of methoxy groups -OCH3 is 1. The first kappa shape index (κ1) is 16.4. The predicted molar refractivity (Wildman–Crippen MR) is 65.1 cm³/mol. The quantitative estimate of drug-likeness (QED) is 0.443. The summed E-state index contributed by atoms with van der Waals surface area (Å²) in [4.78, 5) is 33.3. The number of hydrogen-bond acceptors (Lipinski definition) is 5. The van der Waals surface area contributed by atoms with E-state index in [0.717, 1.165) is 0 Å². The van der Waals surface area contributed by atoms with Crippen LogP contribution in [0.3, 0.4) is 0 Å².